The quantitative estimate of drug-likeness (QED) is 0.708. The molecule has 0 bridgehead atoms. The van der Waals surface area contributed by atoms with Crippen molar-refractivity contribution in [2.45, 2.75) is 39.2 Å². The molecule has 0 saturated carbocycles. The summed E-state index contributed by atoms with van der Waals surface area (Å²) >= 11 is 0. The first kappa shape index (κ1) is 15.5. The molecule has 0 heterocycles. The van der Waals surface area contributed by atoms with Gasteiger partial charge in [-0.05, 0) is 38.8 Å². The van der Waals surface area contributed by atoms with Crippen LogP contribution in [0.15, 0.2) is 24.3 Å². The Kier molecular flexibility index (Phi) is 5.83. The first-order chi connectivity index (χ1) is 9.06. The van der Waals surface area contributed by atoms with Crippen LogP contribution in [0.4, 0.5) is 5.69 Å². The van der Waals surface area contributed by atoms with E-state index in [-0.39, 0.29) is 18.1 Å². The number of nitrogens with one attached hydrogen (secondary N) is 2. The summed E-state index contributed by atoms with van der Waals surface area (Å²) in [6, 6.07) is 7.46. The van der Waals surface area contributed by atoms with Crippen LogP contribution in [0.5, 0.6) is 0 Å². The van der Waals surface area contributed by atoms with E-state index in [4.69, 9.17) is 5.11 Å². The van der Waals surface area contributed by atoms with Gasteiger partial charge >= 0.3 is 0 Å². The Labute approximate surface area is 115 Å². The van der Waals surface area contributed by atoms with Crippen LogP contribution < -0.4 is 10.6 Å². The molecule has 0 spiro atoms. The van der Waals surface area contributed by atoms with E-state index in [0.717, 1.165) is 18.7 Å². The van der Waals surface area contributed by atoms with Crippen molar-refractivity contribution in [1.29, 1.82) is 0 Å². The topological polar surface area (TPSA) is 61.4 Å². The maximum absolute atomic E-state index is 12.4. The third-order valence-electron chi connectivity index (χ3n) is 3.40. The lowest BCUT2D eigenvalue weighted by Gasteiger charge is -2.29. The summed E-state index contributed by atoms with van der Waals surface area (Å²) in [6.45, 7) is 6.80. The minimum Gasteiger partial charge on any atom is -0.396 e. The Morgan fingerprint density at radius 1 is 1.32 bits per heavy atom. The summed E-state index contributed by atoms with van der Waals surface area (Å²) in [5.41, 5.74) is 1.11. The zero-order chi connectivity index (χ0) is 14.3. The van der Waals surface area contributed by atoms with Crippen LogP contribution in [0.3, 0.4) is 0 Å². The molecule has 0 aliphatic rings. The molecular formula is C15H24N2O2. The molecule has 0 aromatic heterocycles. The SMILES string of the molecule is CCNc1ccccc1C(=O)NC(C)(CC)CCO. The summed E-state index contributed by atoms with van der Waals surface area (Å²) in [7, 11) is 0. The Morgan fingerprint density at radius 3 is 2.58 bits per heavy atom. The van der Waals surface area contributed by atoms with E-state index < -0.39 is 0 Å². The van der Waals surface area contributed by atoms with Crippen LogP contribution in [0.2, 0.25) is 0 Å². The smallest absolute Gasteiger partial charge is 0.253 e. The number of aliphatic hydroxyl groups is 1. The van der Waals surface area contributed by atoms with Crippen LogP contribution in [-0.2, 0) is 0 Å². The Balaban J connectivity index is 2.88. The lowest BCUT2D eigenvalue weighted by molar-refractivity contribution is 0.0887. The molecule has 0 aliphatic heterocycles. The Morgan fingerprint density at radius 2 is 2.00 bits per heavy atom. The predicted molar refractivity (Wildman–Crippen MR) is 78.5 cm³/mol. The van der Waals surface area contributed by atoms with E-state index in [2.05, 4.69) is 10.6 Å². The molecule has 106 valence electrons. The van der Waals surface area contributed by atoms with Crippen molar-refractivity contribution in [3.8, 4) is 0 Å². The van der Waals surface area contributed by atoms with Gasteiger partial charge in [-0.25, -0.2) is 0 Å². The number of anilines is 1. The van der Waals surface area contributed by atoms with E-state index in [1.807, 2.05) is 45.0 Å². The van der Waals surface area contributed by atoms with Gasteiger partial charge in [0.25, 0.3) is 5.91 Å². The second-order valence-electron chi connectivity index (χ2n) is 4.92. The number of benzene rings is 1. The highest BCUT2D eigenvalue weighted by atomic mass is 16.3. The first-order valence-corrected chi connectivity index (χ1v) is 6.82. The molecule has 19 heavy (non-hydrogen) atoms. The van der Waals surface area contributed by atoms with E-state index in [9.17, 15) is 4.79 Å². The lowest BCUT2D eigenvalue weighted by atomic mass is 9.94. The van der Waals surface area contributed by atoms with Gasteiger partial charge in [0.2, 0.25) is 0 Å². The molecule has 1 unspecified atom stereocenters. The fourth-order valence-corrected chi connectivity index (χ4v) is 1.94. The maximum atomic E-state index is 12.4. The molecule has 1 aromatic carbocycles. The van der Waals surface area contributed by atoms with Crippen molar-refractivity contribution < 1.29 is 9.90 Å². The van der Waals surface area contributed by atoms with Gasteiger partial charge in [-0.1, -0.05) is 19.1 Å². The molecule has 0 aliphatic carbocycles. The summed E-state index contributed by atoms with van der Waals surface area (Å²) in [4.78, 5) is 12.4. The standard InChI is InChI=1S/C15H24N2O2/c1-4-15(3,10-11-18)17-14(19)12-8-6-7-9-13(12)16-5-2/h6-9,16,18H,4-5,10-11H2,1-3H3,(H,17,19). The largest absolute Gasteiger partial charge is 0.396 e. The molecule has 0 radical (unpaired) electrons. The predicted octanol–water partition coefficient (Wildman–Crippen LogP) is 2.40. The van der Waals surface area contributed by atoms with Gasteiger partial charge < -0.3 is 15.7 Å². The molecule has 1 amide bonds. The zero-order valence-electron chi connectivity index (χ0n) is 12.0. The van der Waals surface area contributed by atoms with Gasteiger partial charge in [-0.3, -0.25) is 4.79 Å². The zero-order valence-corrected chi connectivity index (χ0v) is 12.0. The number of amides is 1. The first-order valence-electron chi connectivity index (χ1n) is 6.82. The molecule has 1 rings (SSSR count). The number of carbonyl (C=O) groups excluding carboxylic acids is 1. The normalized spacial score (nSPS) is 13.7. The van der Waals surface area contributed by atoms with Crippen molar-refractivity contribution in [2.75, 3.05) is 18.5 Å². The Hall–Kier alpha value is -1.55. The van der Waals surface area contributed by atoms with E-state index in [0.29, 0.717) is 12.0 Å². The van der Waals surface area contributed by atoms with Gasteiger partial charge in [0.15, 0.2) is 0 Å². The van der Waals surface area contributed by atoms with Crippen molar-refractivity contribution in [3.63, 3.8) is 0 Å². The van der Waals surface area contributed by atoms with E-state index >= 15 is 0 Å². The van der Waals surface area contributed by atoms with Crippen molar-refractivity contribution in [2.24, 2.45) is 0 Å². The lowest BCUT2D eigenvalue weighted by Crippen LogP contribution is -2.46. The second kappa shape index (κ2) is 7.14. The highest BCUT2D eigenvalue weighted by molar-refractivity contribution is 6.00. The minimum absolute atomic E-state index is 0.0689. The van der Waals surface area contributed by atoms with Gasteiger partial charge in [0, 0.05) is 24.4 Å². The summed E-state index contributed by atoms with van der Waals surface area (Å²) in [5, 5.41) is 15.3. The number of para-hydroxylation sites is 1. The van der Waals surface area contributed by atoms with E-state index in [1.165, 1.54) is 0 Å². The highest BCUT2D eigenvalue weighted by Crippen LogP contribution is 2.19. The van der Waals surface area contributed by atoms with Crippen LogP contribution >= 0.6 is 0 Å². The molecular weight excluding hydrogens is 240 g/mol. The van der Waals surface area contributed by atoms with Gasteiger partial charge in [-0.15, -0.1) is 0 Å². The van der Waals surface area contributed by atoms with Crippen molar-refractivity contribution in [3.05, 3.63) is 29.8 Å². The van der Waals surface area contributed by atoms with Crippen molar-refractivity contribution >= 4 is 11.6 Å². The van der Waals surface area contributed by atoms with Crippen molar-refractivity contribution in [1.82, 2.24) is 5.32 Å². The summed E-state index contributed by atoms with van der Waals surface area (Å²) in [5.74, 6) is -0.102. The third-order valence-corrected chi connectivity index (χ3v) is 3.40. The summed E-state index contributed by atoms with van der Waals surface area (Å²) in [6.07, 6.45) is 1.33. The van der Waals surface area contributed by atoms with E-state index in [1.54, 1.807) is 0 Å². The maximum Gasteiger partial charge on any atom is 0.253 e. The third kappa shape index (κ3) is 4.24. The average Bonchev–Trinajstić information content (AvgIpc) is 2.40. The monoisotopic (exact) mass is 264 g/mol. The molecule has 1 atom stereocenters. The van der Waals surface area contributed by atoms with Gasteiger partial charge in [0.1, 0.15) is 0 Å². The molecule has 1 aromatic rings. The molecule has 0 saturated heterocycles. The minimum atomic E-state index is -0.370. The number of hydrogen-bond acceptors (Lipinski definition) is 3. The number of rotatable bonds is 7. The van der Waals surface area contributed by atoms with Crippen LogP contribution in [0, 0.1) is 0 Å². The molecule has 4 nitrogen and oxygen atoms in total. The number of aliphatic hydroxyl groups excluding tert-OH is 1. The van der Waals surface area contributed by atoms with Crippen LogP contribution in [0.1, 0.15) is 44.0 Å². The number of hydrogen-bond donors (Lipinski definition) is 3. The fraction of sp³-hybridized carbons (Fsp3) is 0.533. The second-order valence-corrected chi connectivity index (χ2v) is 4.92. The molecule has 0 fully saturated rings. The fourth-order valence-electron chi connectivity index (χ4n) is 1.94. The van der Waals surface area contributed by atoms with Gasteiger partial charge in [0.05, 0.1) is 5.56 Å². The average molecular weight is 264 g/mol. The van der Waals surface area contributed by atoms with Crippen LogP contribution in [0.25, 0.3) is 0 Å². The van der Waals surface area contributed by atoms with Gasteiger partial charge in [-0.2, -0.15) is 0 Å². The highest BCUT2D eigenvalue weighted by Gasteiger charge is 2.25. The number of carbonyl (C=O) groups is 1. The van der Waals surface area contributed by atoms with Crippen LogP contribution in [-0.4, -0.2) is 29.7 Å². The molecule has 3 N–H and O–H groups in total. The summed E-state index contributed by atoms with van der Waals surface area (Å²) < 4.78 is 0. The molecule has 4 heteroatoms. The Bertz CT molecular complexity index is 420.